The van der Waals surface area contributed by atoms with Crippen molar-refractivity contribution in [1.82, 2.24) is 38.7 Å². The van der Waals surface area contributed by atoms with Crippen LogP contribution in [-0.4, -0.2) is 38.7 Å². The quantitative estimate of drug-likeness (QED) is 0.375. The number of nitrogens with zero attached hydrogens (tertiary/aromatic N) is 8. The van der Waals surface area contributed by atoms with Crippen molar-refractivity contribution >= 4 is 11.3 Å². The minimum Gasteiger partial charge on any atom is -0.331 e. The van der Waals surface area contributed by atoms with Gasteiger partial charge in [-0.1, -0.05) is 46.8 Å². The van der Waals surface area contributed by atoms with Crippen LogP contribution in [0.2, 0.25) is 0 Å². The Morgan fingerprint density at radius 1 is 0.882 bits per heavy atom. The molecule has 0 radical (unpaired) electrons. The van der Waals surface area contributed by atoms with Crippen LogP contribution < -0.4 is 0 Å². The van der Waals surface area contributed by atoms with Gasteiger partial charge in [-0.2, -0.15) is 10.2 Å². The number of aryl methyl sites for hydroxylation is 2. The fraction of sp³-hybridized carbons (Fsp3) is 0.423. The van der Waals surface area contributed by atoms with E-state index in [0.717, 1.165) is 35.7 Å². The zero-order valence-corrected chi connectivity index (χ0v) is 20.8. The highest BCUT2D eigenvalue weighted by atomic mass is 15.3. The van der Waals surface area contributed by atoms with Gasteiger partial charge in [0.15, 0.2) is 11.3 Å². The van der Waals surface area contributed by atoms with E-state index in [2.05, 4.69) is 74.0 Å². The summed E-state index contributed by atoms with van der Waals surface area (Å²) >= 11 is 0. The summed E-state index contributed by atoms with van der Waals surface area (Å²) in [6.07, 6.45) is 9.03. The van der Waals surface area contributed by atoms with Crippen molar-refractivity contribution in [3.63, 3.8) is 0 Å². The van der Waals surface area contributed by atoms with Crippen molar-refractivity contribution in [1.29, 1.82) is 0 Å². The van der Waals surface area contributed by atoms with Crippen LogP contribution in [0.1, 0.15) is 69.4 Å². The van der Waals surface area contributed by atoms with Gasteiger partial charge < -0.3 is 4.57 Å². The number of hydrogen-bond donors (Lipinski definition) is 0. The first kappa shape index (κ1) is 22.3. The van der Waals surface area contributed by atoms with E-state index in [1.165, 1.54) is 16.8 Å². The maximum Gasteiger partial charge on any atom is 0.159 e. The predicted octanol–water partition coefficient (Wildman–Crippen LogP) is 4.53. The summed E-state index contributed by atoms with van der Waals surface area (Å²) in [5.41, 5.74) is 6.43. The van der Waals surface area contributed by atoms with Crippen LogP contribution in [0.3, 0.4) is 0 Å². The van der Waals surface area contributed by atoms with Crippen LogP contribution in [0.4, 0.5) is 0 Å². The third-order valence-electron chi connectivity index (χ3n) is 6.62. The van der Waals surface area contributed by atoms with Crippen molar-refractivity contribution in [2.24, 2.45) is 0 Å². The van der Waals surface area contributed by atoms with Crippen LogP contribution >= 0.6 is 0 Å². The Labute approximate surface area is 199 Å². The number of rotatable bonds is 6. The van der Waals surface area contributed by atoms with E-state index in [1.54, 1.807) is 12.5 Å². The van der Waals surface area contributed by atoms with E-state index in [4.69, 9.17) is 10.1 Å². The topological polar surface area (TPSA) is 78.2 Å². The molecule has 5 aromatic heterocycles. The van der Waals surface area contributed by atoms with Gasteiger partial charge in [-0.25, -0.2) is 24.0 Å². The summed E-state index contributed by atoms with van der Waals surface area (Å²) in [6.45, 7) is 13.9. The van der Waals surface area contributed by atoms with E-state index in [0.29, 0.717) is 6.54 Å². The highest BCUT2D eigenvalue weighted by molar-refractivity contribution is 5.53. The third kappa shape index (κ3) is 3.97. The Morgan fingerprint density at radius 3 is 2.38 bits per heavy atom. The van der Waals surface area contributed by atoms with Gasteiger partial charge in [0.25, 0.3) is 0 Å². The fourth-order valence-electron chi connectivity index (χ4n) is 4.64. The second-order valence-electron chi connectivity index (χ2n) is 10.7. The summed E-state index contributed by atoms with van der Waals surface area (Å²) in [5.74, 6) is 0.802. The van der Waals surface area contributed by atoms with Crippen LogP contribution in [0.25, 0.3) is 11.3 Å². The number of fused-ring (bicyclic) bond motifs is 2. The van der Waals surface area contributed by atoms with Gasteiger partial charge in [-0.05, 0) is 42.7 Å². The number of hydrogen-bond acceptors (Lipinski definition) is 5. The third-order valence-corrected chi connectivity index (χ3v) is 6.62. The van der Waals surface area contributed by atoms with E-state index in [-0.39, 0.29) is 10.8 Å². The normalized spacial score (nSPS) is 12.8. The van der Waals surface area contributed by atoms with Gasteiger partial charge >= 0.3 is 0 Å². The second-order valence-corrected chi connectivity index (χ2v) is 10.7. The monoisotopic (exact) mass is 456 g/mol. The van der Waals surface area contributed by atoms with Crippen molar-refractivity contribution in [2.75, 3.05) is 0 Å². The first-order chi connectivity index (χ1) is 16.1. The average molecular weight is 457 g/mol. The van der Waals surface area contributed by atoms with Gasteiger partial charge in [0, 0.05) is 29.2 Å². The van der Waals surface area contributed by atoms with Crippen LogP contribution in [0.5, 0.6) is 0 Å². The summed E-state index contributed by atoms with van der Waals surface area (Å²) in [7, 11) is 0. The molecule has 0 aliphatic rings. The van der Waals surface area contributed by atoms with Gasteiger partial charge in [0.2, 0.25) is 0 Å². The lowest BCUT2D eigenvalue weighted by Gasteiger charge is -2.26. The molecule has 0 amide bonds. The molecule has 34 heavy (non-hydrogen) atoms. The summed E-state index contributed by atoms with van der Waals surface area (Å²) in [4.78, 5) is 13.5. The van der Waals surface area contributed by atoms with Gasteiger partial charge in [-0.3, -0.25) is 0 Å². The molecular weight excluding hydrogens is 424 g/mol. The molecule has 0 atom stereocenters. The molecule has 8 nitrogen and oxygen atoms in total. The highest BCUT2D eigenvalue weighted by Gasteiger charge is 2.27. The number of pyridine rings is 2. The molecule has 0 spiro atoms. The zero-order chi connectivity index (χ0) is 24.1. The summed E-state index contributed by atoms with van der Waals surface area (Å²) < 4.78 is 6.02. The van der Waals surface area contributed by atoms with E-state index in [1.807, 2.05) is 33.0 Å². The van der Waals surface area contributed by atoms with Crippen molar-refractivity contribution in [3.8, 4) is 0 Å². The molecule has 0 aromatic carbocycles. The van der Waals surface area contributed by atoms with Crippen LogP contribution in [0, 0.1) is 6.92 Å². The molecule has 0 aliphatic heterocycles. The Hall–Kier alpha value is -3.55. The SMILES string of the molecule is Cc1nc2c(C(C)(C)C)ccc(CCC(C)(C)c3ccc(Cn4ccnc4)n4ncnc34)n2n1. The Balaban J connectivity index is 1.45. The summed E-state index contributed by atoms with van der Waals surface area (Å²) in [5, 5.41) is 9.24. The molecule has 0 saturated carbocycles. The first-order valence-electron chi connectivity index (χ1n) is 11.8. The average Bonchev–Trinajstić information content (AvgIpc) is 3.51. The minimum absolute atomic E-state index is 0.0102. The molecule has 0 N–H and O–H groups in total. The minimum atomic E-state index is -0.105. The van der Waals surface area contributed by atoms with E-state index >= 15 is 0 Å². The Bertz CT molecular complexity index is 1450. The van der Waals surface area contributed by atoms with E-state index in [9.17, 15) is 0 Å². The second kappa shape index (κ2) is 8.04. The largest absolute Gasteiger partial charge is 0.331 e. The van der Waals surface area contributed by atoms with Crippen molar-refractivity contribution in [3.05, 3.63) is 77.7 Å². The maximum atomic E-state index is 4.74. The molecule has 0 aliphatic carbocycles. The Morgan fingerprint density at radius 2 is 1.65 bits per heavy atom. The molecule has 0 unspecified atom stereocenters. The smallest absolute Gasteiger partial charge is 0.159 e. The number of aromatic nitrogens is 8. The molecule has 5 aromatic rings. The van der Waals surface area contributed by atoms with Gasteiger partial charge in [0.05, 0.1) is 18.6 Å². The number of imidazole rings is 1. The summed E-state index contributed by atoms with van der Waals surface area (Å²) in [6, 6.07) is 8.77. The van der Waals surface area contributed by atoms with Crippen LogP contribution in [-0.2, 0) is 23.8 Å². The molecule has 8 heteroatoms. The predicted molar refractivity (Wildman–Crippen MR) is 132 cm³/mol. The van der Waals surface area contributed by atoms with Crippen molar-refractivity contribution in [2.45, 2.75) is 71.8 Å². The maximum absolute atomic E-state index is 4.74. The molecule has 5 heterocycles. The Kier molecular flexibility index (Phi) is 5.26. The molecule has 0 fully saturated rings. The van der Waals surface area contributed by atoms with Gasteiger partial charge in [0.1, 0.15) is 12.2 Å². The zero-order valence-electron chi connectivity index (χ0n) is 20.8. The lowest BCUT2D eigenvalue weighted by atomic mass is 9.80. The van der Waals surface area contributed by atoms with E-state index < -0.39 is 0 Å². The first-order valence-corrected chi connectivity index (χ1v) is 11.8. The standard InChI is InChI=1S/C26H32N8/c1-18-30-24-21(25(2,3)4)9-7-19(34(24)31-18)11-12-26(5,6)22-10-8-20(15-32-14-13-27-17-32)33-23(22)28-16-29-33/h7-10,13-14,16-17H,11-12,15H2,1-6H3. The van der Waals surface area contributed by atoms with Crippen molar-refractivity contribution < 1.29 is 0 Å². The highest BCUT2D eigenvalue weighted by Crippen LogP contribution is 2.33. The lowest BCUT2D eigenvalue weighted by Crippen LogP contribution is -2.21. The molecular formula is C26H32N8. The lowest BCUT2D eigenvalue weighted by molar-refractivity contribution is 0.474. The molecule has 0 bridgehead atoms. The molecule has 5 rings (SSSR count). The fourth-order valence-corrected chi connectivity index (χ4v) is 4.64. The molecule has 176 valence electrons. The molecule has 0 saturated heterocycles. The van der Waals surface area contributed by atoms with Crippen LogP contribution in [0.15, 0.2) is 49.3 Å². The van der Waals surface area contributed by atoms with Gasteiger partial charge in [-0.15, -0.1) is 0 Å².